The second-order valence-electron chi connectivity index (χ2n) is 5.12. The van der Waals surface area contributed by atoms with Crippen molar-refractivity contribution in [3.8, 4) is 0 Å². The highest BCUT2D eigenvalue weighted by Crippen LogP contribution is 2.19. The number of nitrogens with zero attached hydrogens (tertiary/aromatic N) is 3. The number of hydrogen-bond donors (Lipinski definition) is 2. The molecule has 1 aliphatic rings. The van der Waals surface area contributed by atoms with Crippen molar-refractivity contribution in [2.45, 2.75) is 13.3 Å². The maximum Gasteiger partial charge on any atom is 0.229 e. The van der Waals surface area contributed by atoms with Crippen molar-refractivity contribution >= 4 is 17.5 Å². The second kappa shape index (κ2) is 6.54. The van der Waals surface area contributed by atoms with Crippen LogP contribution in [0.1, 0.15) is 12.6 Å². The lowest BCUT2D eigenvalue weighted by atomic mass is 10.3. The van der Waals surface area contributed by atoms with E-state index in [1.54, 1.807) is 0 Å². The molecule has 0 amide bonds. The standard InChI is InChI=1S/C16H21N5/c1-2-13-12-15(21-10-8-17-9-11-21)20-16(18-13)19-14-6-4-3-5-7-14/h3-7,12,17H,2,8-11H2,1H3,(H,18,19,20). The van der Waals surface area contributed by atoms with E-state index in [2.05, 4.69) is 38.5 Å². The highest BCUT2D eigenvalue weighted by atomic mass is 15.3. The lowest BCUT2D eigenvalue weighted by Gasteiger charge is -2.28. The zero-order valence-electron chi connectivity index (χ0n) is 12.3. The quantitative estimate of drug-likeness (QED) is 0.901. The van der Waals surface area contributed by atoms with Gasteiger partial charge in [-0.3, -0.25) is 0 Å². The molecule has 5 heteroatoms. The minimum atomic E-state index is 0.675. The van der Waals surface area contributed by atoms with Crippen molar-refractivity contribution in [1.29, 1.82) is 0 Å². The minimum absolute atomic E-state index is 0.675. The van der Waals surface area contributed by atoms with Crippen molar-refractivity contribution < 1.29 is 0 Å². The molecular weight excluding hydrogens is 262 g/mol. The lowest BCUT2D eigenvalue weighted by molar-refractivity contribution is 0.584. The molecule has 1 aliphatic heterocycles. The van der Waals surface area contributed by atoms with E-state index in [-0.39, 0.29) is 0 Å². The molecule has 1 fully saturated rings. The summed E-state index contributed by atoms with van der Waals surface area (Å²) in [4.78, 5) is 11.6. The third kappa shape index (κ3) is 3.49. The molecular formula is C16H21N5. The molecule has 0 spiro atoms. The van der Waals surface area contributed by atoms with Gasteiger partial charge < -0.3 is 15.5 Å². The summed E-state index contributed by atoms with van der Waals surface area (Å²) in [5.41, 5.74) is 2.08. The molecule has 0 bridgehead atoms. The van der Waals surface area contributed by atoms with Crippen molar-refractivity contribution in [2.75, 3.05) is 36.4 Å². The Hall–Kier alpha value is -2.14. The van der Waals surface area contributed by atoms with Crippen LogP contribution in [-0.4, -0.2) is 36.1 Å². The molecule has 5 nitrogen and oxygen atoms in total. The Balaban J connectivity index is 1.85. The first kappa shape index (κ1) is 13.8. The average molecular weight is 283 g/mol. The van der Waals surface area contributed by atoms with Crippen LogP contribution in [-0.2, 0) is 6.42 Å². The maximum atomic E-state index is 4.68. The molecule has 21 heavy (non-hydrogen) atoms. The first-order valence-corrected chi connectivity index (χ1v) is 7.51. The Labute approximate surface area is 125 Å². The molecule has 1 aromatic heterocycles. The van der Waals surface area contributed by atoms with Gasteiger partial charge in [-0.1, -0.05) is 25.1 Å². The number of anilines is 3. The second-order valence-corrected chi connectivity index (χ2v) is 5.12. The molecule has 3 rings (SSSR count). The van der Waals surface area contributed by atoms with Crippen LogP contribution in [0.3, 0.4) is 0 Å². The Kier molecular flexibility index (Phi) is 4.31. The zero-order valence-corrected chi connectivity index (χ0v) is 12.3. The van der Waals surface area contributed by atoms with Crippen LogP contribution in [0.25, 0.3) is 0 Å². The fraction of sp³-hybridized carbons (Fsp3) is 0.375. The van der Waals surface area contributed by atoms with E-state index in [1.807, 2.05) is 30.3 Å². The number of hydrogen-bond acceptors (Lipinski definition) is 5. The molecule has 0 atom stereocenters. The average Bonchev–Trinajstić information content (AvgIpc) is 2.56. The van der Waals surface area contributed by atoms with Gasteiger partial charge in [-0.25, -0.2) is 4.98 Å². The fourth-order valence-corrected chi connectivity index (χ4v) is 2.43. The van der Waals surface area contributed by atoms with Crippen LogP contribution in [0.2, 0.25) is 0 Å². The van der Waals surface area contributed by atoms with Gasteiger partial charge in [0.25, 0.3) is 0 Å². The van der Waals surface area contributed by atoms with Crippen LogP contribution in [0.4, 0.5) is 17.5 Å². The third-order valence-corrected chi connectivity index (χ3v) is 3.60. The predicted molar refractivity (Wildman–Crippen MR) is 86.2 cm³/mol. The van der Waals surface area contributed by atoms with Crippen molar-refractivity contribution in [3.63, 3.8) is 0 Å². The third-order valence-electron chi connectivity index (χ3n) is 3.60. The number of aryl methyl sites for hydroxylation is 1. The Bertz CT molecular complexity index is 578. The van der Waals surface area contributed by atoms with Gasteiger partial charge in [-0.15, -0.1) is 0 Å². The van der Waals surface area contributed by atoms with Crippen molar-refractivity contribution in [2.24, 2.45) is 0 Å². The van der Waals surface area contributed by atoms with Gasteiger partial charge in [-0.05, 0) is 18.6 Å². The molecule has 0 saturated carbocycles. The van der Waals surface area contributed by atoms with E-state index in [0.29, 0.717) is 5.95 Å². The Morgan fingerprint density at radius 1 is 1.14 bits per heavy atom. The maximum absolute atomic E-state index is 4.68. The van der Waals surface area contributed by atoms with Crippen molar-refractivity contribution in [1.82, 2.24) is 15.3 Å². The summed E-state index contributed by atoms with van der Waals surface area (Å²) in [6.45, 7) is 6.12. The SMILES string of the molecule is CCc1cc(N2CCNCC2)nc(Nc2ccccc2)n1. The van der Waals surface area contributed by atoms with Crippen LogP contribution in [0.5, 0.6) is 0 Å². The van der Waals surface area contributed by atoms with E-state index < -0.39 is 0 Å². The molecule has 2 aromatic rings. The monoisotopic (exact) mass is 283 g/mol. The predicted octanol–water partition coefficient (Wildman–Crippen LogP) is 2.19. The van der Waals surface area contributed by atoms with E-state index in [4.69, 9.17) is 0 Å². The molecule has 0 unspecified atom stereocenters. The number of benzene rings is 1. The minimum Gasteiger partial charge on any atom is -0.354 e. The Morgan fingerprint density at radius 3 is 2.62 bits per heavy atom. The highest BCUT2D eigenvalue weighted by Gasteiger charge is 2.14. The van der Waals surface area contributed by atoms with Crippen molar-refractivity contribution in [3.05, 3.63) is 42.1 Å². The van der Waals surface area contributed by atoms with E-state index in [0.717, 1.165) is 49.8 Å². The van der Waals surface area contributed by atoms with Gasteiger partial charge >= 0.3 is 0 Å². The number of piperazine rings is 1. The molecule has 0 aliphatic carbocycles. The highest BCUT2D eigenvalue weighted by molar-refractivity contribution is 5.55. The van der Waals surface area contributed by atoms with Gasteiger partial charge in [0.2, 0.25) is 5.95 Å². The summed E-state index contributed by atoms with van der Waals surface area (Å²) in [7, 11) is 0. The molecule has 2 heterocycles. The van der Waals surface area contributed by atoms with Gasteiger partial charge in [0.15, 0.2) is 0 Å². The van der Waals surface area contributed by atoms with Crippen LogP contribution < -0.4 is 15.5 Å². The number of para-hydroxylation sites is 1. The number of aromatic nitrogens is 2. The van der Waals surface area contributed by atoms with Gasteiger partial charge in [0.05, 0.1) is 0 Å². The summed E-state index contributed by atoms with van der Waals surface area (Å²) in [6, 6.07) is 12.1. The van der Waals surface area contributed by atoms with E-state index >= 15 is 0 Å². The van der Waals surface area contributed by atoms with Crippen LogP contribution in [0.15, 0.2) is 36.4 Å². The van der Waals surface area contributed by atoms with Gasteiger partial charge in [-0.2, -0.15) is 4.98 Å². The lowest BCUT2D eigenvalue weighted by Crippen LogP contribution is -2.44. The van der Waals surface area contributed by atoms with Gasteiger partial charge in [0, 0.05) is 43.6 Å². The summed E-state index contributed by atoms with van der Waals surface area (Å²) in [5, 5.41) is 6.66. The zero-order chi connectivity index (χ0) is 14.5. The summed E-state index contributed by atoms with van der Waals surface area (Å²) < 4.78 is 0. The molecule has 1 aromatic carbocycles. The van der Waals surface area contributed by atoms with Crippen LogP contribution in [0, 0.1) is 0 Å². The summed E-state index contributed by atoms with van der Waals surface area (Å²) in [6.07, 6.45) is 0.908. The first-order chi connectivity index (χ1) is 10.3. The normalized spacial score (nSPS) is 15.0. The Morgan fingerprint density at radius 2 is 1.90 bits per heavy atom. The smallest absolute Gasteiger partial charge is 0.229 e. The summed E-state index contributed by atoms with van der Waals surface area (Å²) in [5.74, 6) is 1.69. The van der Waals surface area contributed by atoms with Crippen LogP contribution >= 0.6 is 0 Å². The number of nitrogens with one attached hydrogen (secondary N) is 2. The van der Waals surface area contributed by atoms with E-state index in [9.17, 15) is 0 Å². The topological polar surface area (TPSA) is 53.1 Å². The fourth-order valence-electron chi connectivity index (χ4n) is 2.43. The molecule has 0 radical (unpaired) electrons. The molecule has 1 saturated heterocycles. The van der Waals surface area contributed by atoms with Gasteiger partial charge in [0.1, 0.15) is 5.82 Å². The molecule has 110 valence electrons. The van der Waals surface area contributed by atoms with E-state index in [1.165, 1.54) is 0 Å². The first-order valence-electron chi connectivity index (χ1n) is 7.51. The largest absolute Gasteiger partial charge is 0.354 e. The summed E-state index contributed by atoms with van der Waals surface area (Å²) >= 11 is 0. The number of rotatable bonds is 4. The molecule has 2 N–H and O–H groups in total.